The van der Waals surface area contributed by atoms with Gasteiger partial charge in [-0.15, -0.1) is 0 Å². The summed E-state index contributed by atoms with van der Waals surface area (Å²) >= 11 is 0. The molecule has 0 aromatic heterocycles. The maximum Gasteiger partial charge on any atom is 0.506 e. The third kappa shape index (κ3) is 3.91. The average Bonchev–Trinajstić information content (AvgIpc) is 2.03. The molecule has 0 amide bonds. The lowest BCUT2D eigenvalue weighted by atomic mass is 10.3. The van der Waals surface area contributed by atoms with Crippen molar-refractivity contribution >= 4 is 6.16 Å². The van der Waals surface area contributed by atoms with Gasteiger partial charge in [-0.2, -0.15) is 0 Å². The minimum atomic E-state index is -1.30. The van der Waals surface area contributed by atoms with Crippen molar-refractivity contribution in [3.05, 3.63) is 12.2 Å². The molecule has 1 aliphatic heterocycles. The number of carbonyl (C=O) groups is 1. The van der Waals surface area contributed by atoms with Gasteiger partial charge in [-0.25, -0.2) is 4.79 Å². The molecule has 5 heteroatoms. The lowest BCUT2D eigenvalue weighted by Gasteiger charge is -2.19. The number of hydrogen-bond donors (Lipinski definition) is 1. The number of rotatable bonds is 1. The molecular formula is C8H12O5. The molecule has 5 nitrogen and oxygen atoms in total. The van der Waals surface area contributed by atoms with Gasteiger partial charge < -0.3 is 19.3 Å². The summed E-state index contributed by atoms with van der Waals surface area (Å²) in [7, 11) is 0. The Kier molecular flexibility index (Phi) is 3.72. The van der Waals surface area contributed by atoms with E-state index < -0.39 is 12.3 Å². The number of ether oxygens (including phenoxy) is 3. The molecule has 0 fully saturated rings. The zero-order chi connectivity index (χ0) is 9.68. The summed E-state index contributed by atoms with van der Waals surface area (Å²) in [4.78, 5) is 10.2. The maximum absolute atomic E-state index is 10.2. The lowest BCUT2D eigenvalue weighted by Crippen LogP contribution is -2.26. The van der Waals surface area contributed by atoms with Crippen LogP contribution in [0.15, 0.2) is 12.2 Å². The van der Waals surface area contributed by atoms with E-state index in [-0.39, 0.29) is 12.9 Å². The normalized spacial score (nSPS) is 31.5. The van der Waals surface area contributed by atoms with Crippen molar-refractivity contribution in [3.63, 3.8) is 0 Å². The minimum absolute atomic E-state index is 0.184. The molecule has 2 unspecified atom stereocenters. The fraction of sp³-hybridized carbons (Fsp3) is 0.625. The highest BCUT2D eigenvalue weighted by Gasteiger charge is 2.14. The largest absolute Gasteiger partial charge is 0.506 e. The van der Waals surface area contributed by atoms with Crippen molar-refractivity contribution < 1.29 is 24.1 Å². The van der Waals surface area contributed by atoms with E-state index in [1.807, 2.05) is 0 Å². The smallest absolute Gasteiger partial charge is 0.450 e. The molecule has 2 atom stereocenters. The van der Waals surface area contributed by atoms with Crippen molar-refractivity contribution in [3.8, 4) is 0 Å². The Morgan fingerprint density at radius 1 is 1.62 bits per heavy atom. The standard InChI is InChI=1S/C8H12O5/c1-6-11-4-2-3-7(5-12-6)13-8(9)10/h2-3,6-7H,4-5H2,1H3,(H,9,10)/b3-2+. The van der Waals surface area contributed by atoms with Gasteiger partial charge in [-0.1, -0.05) is 6.08 Å². The fourth-order valence-corrected chi connectivity index (χ4v) is 0.935. The molecule has 0 aromatic rings. The first-order valence-electron chi connectivity index (χ1n) is 3.98. The summed E-state index contributed by atoms with van der Waals surface area (Å²) < 4.78 is 14.8. The summed E-state index contributed by atoms with van der Waals surface area (Å²) in [6.07, 6.45) is 1.16. The molecule has 1 N–H and O–H groups in total. The number of hydrogen-bond acceptors (Lipinski definition) is 4. The van der Waals surface area contributed by atoms with Crippen LogP contribution < -0.4 is 0 Å². The van der Waals surface area contributed by atoms with Crippen molar-refractivity contribution in [2.75, 3.05) is 13.2 Å². The van der Waals surface area contributed by atoms with Crippen LogP contribution in [0.5, 0.6) is 0 Å². The SMILES string of the molecule is CC1OC/C=C/C(OC(=O)O)CO1. The Labute approximate surface area is 75.9 Å². The van der Waals surface area contributed by atoms with Crippen molar-refractivity contribution in [1.29, 1.82) is 0 Å². The minimum Gasteiger partial charge on any atom is -0.450 e. The molecule has 0 bridgehead atoms. The third-order valence-electron chi connectivity index (χ3n) is 1.53. The van der Waals surface area contributed by atoms with Gasteiger partial charge in [0.15, 0.2) is 6.29 Å². The van der Waals surface area contributed by atoms with Gasteiger partial charge >= 0.3 is 6.16 Å². The van der Waals surface area contributed by atoms with Crippen LogP contribution in [0, 0.1) is 0 Å². The van der Waals surface area contributed by atoms with Crippen LogP contribution in [0.25, 0.3) is 0 Å². The van der Waals surface area contributed by atoms with Crippen LogP contribution >= 0.6 is 0 Å². The molecule has 1 aliphatic rings. The Balaban J connectivity index is 2.44. The molecule has 0 spiro atoms. The fourth-order valence-electron chi connectivity index (χ4n) is 0.935. The van der Waals surface area contributed by atoms with E-state index in [0.29, 0.717) is 6.61 Å². The van der Waals surface area contributed by atoms with Gasteiger partial charge in [0.25, 0.3) is 0 Å². The second-order valence-electron chi connectivity index (χ2n) is 2.58. The average molecular weight is 188 g/mol. The summed E-state index contributed by atoms with van der Waals surface area (Å²) in [6, 6.07) is 0. The predicted molar refractivity (Wildman–Crippen MR) is 43.4 cm³/mol. The van der Waals surface area contributed by atoms with Gasteiger partial charge in [0.05, 0.1) is 13.2 Å². The quantitative estimate of drug-likeness (QED) is 0.491. The van der Waals surface area contributed by atoms with E-state index in [1.165, 1.54) is 0 Å². The van der Waals surface area contributed by atoms with Crippen molar-refractivity contribution in [2.24, 2.45) is 0 Å². The van der Waals surface area contributed by atoms with Crippen LogP contribution in [0.2, 0.25) is 0 Å². The predicted octanol–water partition coefficient (Wildman–Crippen LogP) is 0.999. The van der Waals surface area contributed by atoms with E-state index in [4.69, 9.17) is 14.6 Å². The summed E-state index contributed by atoms with van der Waals surface area (Å²) in [6.45, 7) is 2.33. The first-order chi connectivity index (χ1) is 6.18. The highest BCUT2D eigenvalue weighted by atomic mass is 16.7. The summed E-state index contributed by atoms with van der Waals surface area (Å²) in [5, 5.41) is 8.35. The Morgan fingerprint density at radius 3 is 3.08 bits per heavy atom. The van der Waals surface area contributed by atoms with Crippen molar-refractivity contribution in [2.45, 2.75) is 19.3 Å². The second kappa shape index (κ2) is 4.84. The molecule has 74 valence electrons. The van der Waals surface area contributed by atoms with Crippen molar-refractivity contribution in [1.82, 2.24) is 0 Å². The first-order valence-corrected chi connectivity index (χ1v) is 3.98. The third-order valence-corrected chi connectivity index (χ3v) is 1.53. The molecule has 1 rings (SSSR count). The second-order valence-corrected chi connectivity index (χ2v) is 2.58. The van der Waals surface area contributed by atoms with E-state index in [1.54, 1.807) is 19.1 Å². The van der Waals surface area contributed by atoms with Gasteiger partial charge in [0.1, 0.15) is 6.10 Å². The highest BCUT2D eigenvalue weighted by molar-refractivity contribution is 5.57. The van der Waals surface area contributed by atoms with E-state index >= 15 is 0 Å². The van der Waals surface area contributed by atoms with E-state index in [2.05, 4.69) is 4.74 Å². The van der Waals surface area contributed by atoms with Gasteiger partial charge in [-0.05, 0) is 13.0 Å². The zero-order valence-corrected chi connectivity index (χ0v) is 7.30. The monoisotopic (exact) mass is 188 g/mol. The van der Waals surface area contributed by atoms with Crippen LogP contribution in [0.1, 0.15) is 6.92 Å². The van der Waals surface area contributed by atoms with E-state index in [9.17, 15) is 4.79 Å². The zero-order valence-electron chi connectivity index (χ0n) is 7.30. The molecule has 0 aromatic carbocycles. The Bertz CT molecular complexity index is 201. The molecule has 13 heavy (non-hydrogen) atoms. The van der Waals surface area contributed by atoms with Crippen LogP contribution in [0.3, 0.4) is 0 Å². The lowest BCUT2D eigenvalue weighted by molar-refractivity contribution is -0.140. The van der Waals surface area contributed by atoms with Gasteiger partial charge in [0.2, 0.25) is 0 Å². The maximum atomic E-state index is 10.2. The topological polar surface area (TPSA) is 65.0 Å². The van der Waals surface area contributed by atoms with E-state index in [0.717, 1.165) is 0 Å². The summed E-state index contributed by atoms with van der Waals surface area (Å²) in [5.74, 6) is 0. The Morgan fingerprint density at radius 2 is 2.38 bits per heavy atom. The highest BCUT2D eigenvalue weighted by Crippen LogP contribution is 2.04. The van der Waals surface area contributed by atoms with Crippen LogP contribution in [-0.4, -0.2) is 36.9 Å². The molecule has 0 saturated heterocycles. The molecule has 0 saturated carbocycles. The van der Waals surface area contributed by atoms with Gasteiger partial charge in [-0.3, -0.25) is 0 Å². The van der Waals surface area contributed by atoms with Crippen LogP contribution in [-0.2, 0) is 14.2 Å². The molecular weight excluding hydrogens is 176 g/mol. The molecule has 1 heterocycles. The first kappa shape index (κ1) is 10.0. The molecule has 0 radical (unpaired) electrons. The van der Waals surface area contributed by atoms with Crippen LogP contribution in [0.4, 0.5) is 4.79 Å². The number of carboxylic acid groups (broad SMARTS) is 1. The Hall–Kier alpha value is -1.07. The van der Waals surface area contributed by atoms with Gasteiger partial charge in [0, 0.05) is 0 Å². The summed E-state index contributed by atoms with van der Waals surface area (Å²) in [5.41, 5.74) is 0. The molecule has 0 aliphatic carbocycles.